The second-order valence-electron chi connectivity index (χ2n) is 8.11. The van der Waals surface area contributed by atoms with Gasteiger partial charge < -0.3 is 30.6 Å². The number of carbonyl (C=O) groups is 1. The van der Waals surface area contributed by atoms with Crippen molar-refractivity contribution in [1.82, 2.24) is 10.3 Å². The number of terminal acetylenes is 1. The molecule has 1 aromatic heterocycles. The van der Waals surface area contributed by atoms with E-state index in [0.29, 0.717) is 66.2 Å². The zero-order valence-corrected chi connectivity index (χ0v) is 20.5. The maximum atomic E-state index is 12.7. The molecule has 0 bridgehead atoms. The third-order valence-electron chi connectivity index (χ3n) is 5.48. The fourth-order valence-electron chi connectivity index (χ4n) is 3.70. The van der Waals surface area contributed by atoms with E-state index >= 15 is 0 Å². The summed E-state index contributed by atoms with van der Waals surface area (Å²) in [5.41, 5.74) is 8.41. The highest BCUT2D eigenvalue weighted by Crippen LogP contribution is 2.33. The van der Waals surface area contributed by atoms with Crippen LogP contribution in [0.1, 0.15) is 15.9 Å². The Kier molecular flexibility index (Phi) is 8.55. The van der Waals surface area contributed by atoms with Gasteiger partial charge in [-0.1, -0.05) is 30.2 Å². The number of pyridine rings is 1. The molecule has 0 spiro atoms. The monoisotopic (exact) mass is 496 g/mol. The second-order valence-corrected chi connectivity index (χ2v) is 8.11. The minimum absolute atomic E-state index is 0.254. The van der Waals surface area contributed by atoms with Crippen LogP contribution in [0.15, 0.2) is 72.9 Å². The van der Waals surface area contributed by atoms with Crippen LogP contribution in [-0.4, -0.2) is 44.4 Å². The molecule has 3 aromatic carbocycles. The van der Waals surface area contributed by atoms with Gasteiger partial charge >= 0.3 is 0 Å². The maximum Gasteiger partial charge on any atom is 0.251 e. The zero-order valence-electron chi connectivity index (χ0n) is 20.5. The molecule has 0 atom stereocenters. The van der Waals surface area contributed by atoms with Crippen LogP contribution in [0.4, 0.5) is 17.2 Å². The van der Waals surface area contributed by atoms with Gasteiger partial charge in [-0.25, -0.2) is 4.98 Å². The van der Waals surface area contributed by atoms with Crippen molar-refractivity contribution in [1.29, 1.82) is 0 Å². The van der Waals surface area contributed by atoms with Crippen LogP contribution in [0.5, 0.6) is 11.5 Å². The van der Waals surface area contributed by atoms with Gasteiger partial charge in [-0.2, -0.15) is 0 Å². The molecule has 0 aliphatic heterocycles. The number of amides is 1. The van der Waals surface area contributed by atoms with Gasteiger partial charge in [0, 0.05) is 59.2 Å². The third kappa shape index (κ3) is 6.76. The van der Waals surface area contributed by atoms with E-state index in [1.165, 1.54) is 0 Å². The Morgan fingerprint density at radius 2 is 1.86 bits per heavy atom. The fraction of sp³-hybridized carbons (Fsp3) is 0.172. The number of nitrogens with one attached hydrogen (secondary N) is 2. The summed E-state index contributed by atoms with van der Waals surface area (Å²) in [6.45, 7) is 1.72. The molecule has 4 aromatic rings. The van der Waals surface area contributed by atoms with Crippen molar-refractivity contribution in [3.63, 3.8) is 0 Å². The Balaban J connectivity index is 1.47. The molecule has 8 nitrogen and oxygen atoms in total. The summed E-state index contributed by atoms with van der Waals surface area (Å²) < 4.78 is 16.5. The molecule has 188 valence electrons. The van der Waals surface area contributed by atoms with Crippen LogP contribution in [0.2, 0.25) is 0 Å². The van der Waals surface area contributed by atoms with Gasteiger partial charge in [-0.15, -0.1) is 6.42 Å². The second kappa shape index (κ2) is 12.4. The van der Waals surface area contributed by atoms with Gasteiger partial charge in [0.2, 0.25) is 0 Å². The van der Waals surface area contributed by atoms with E-state index in [-0.39, 0.29) is 5.91 Å². The Morgan fingerprint density at radius 1 is 1.03 bits per heavy atom. The SMILES string of the molecule is C#Cc1cc(Nc2cc(Oc3ccc(N)c4ccccc34)ccn2)cc(C(=O)NCCOCCOC)c1. The van der Waals surface area contributed by atoms with Crippen LogP contribution < -0.4 is 21.1 Å². The Labute approximate surface area is 215 Å². The highest BCUT2D eigenvalue weighted by molar-refractivity contribution is 5.97. The van der Waals surface area contributed by atoms with Crippen molar-refractivity contribution >= 4 is 33.9 Å². The third-order valence-corrected chi connectivity index (χ3v) is 5.48. The predicted octanol–water partition coefficient (Wildman–Crippen LogP) is 4.73. The molecule has 0 radical (unpaired) electrons. The lowest BCUT2D eigenvalue weighted by atomic mass is 10.1. The lowest BCUT2D eigenvalue weighted by Crippen LogP contribution is -2.27. The molecule has 1 heterocycles. The predicted molar refractivity (Wildman–Crippen MR) is 145 cm³/mol. The lowest BCUT2D eigenvalue weighted by Gasteiger charge is -2.13. The number of carbonyl (C=O) groups excluding carboxylic acids is 1. The normalized spacial score (nSPS) is 10.6. The summed E-state index contributed by atoms with van der Waals surface area (Å²) in [7, 11) is 1.61. The maximum absolute atomic E-state index is 12.7. The van der Waals surface area contributed by atoms with Crippen LogP contribution in [-0.2, 0) is 9.47 Å². The number of anilines is 3. The molecule has 0 saturated heterocycles. The molecule has 4 rings (SSSR count). The quantitative estimate of drug-likeness (QED) is 0.157. The van der Waals surface area contributed by atoms with E-state index in [1.807, 2.05) is 36.4 Å². The van der Waals surface area contributed by atoms with E-state index in [1.54, 1.807) is 43.6 Å². The van der Waals surface area contributed by atoms with E-state index in [2.05, 4.69) is 21.5 Å². The molecule has 0 fully saturated rings. The largest absolute Gasteiger partial charge is 0.457 e. The number of ether oxygens (including phenoxy) is 3. The zero-order chi connectivity index (χ0) is 26.0. The number of rotatable bonds is 11. The van der Waals surface area contributed by atoms with E-state index in [4.69, 9.17) is 26.4 Å². The number of nitrogen functional groups attached to an aromatic ring is 1. The number of hydrogen-bond acceptors (Lipinski definition) is 7. The number of fused-ring (bicyclic) bond motifs is 1. The summed E-state index contributed by atoms with van der Waals surface area (Å²) in [5, 5.41) is 7.87. The van der Waals surface area contributed by atoms with Gasteiger partial charge in [0.25, 0.3) is 5.91 Å². The standard InChI is InChI=1S/C29H28N4O4/c1-3-20-16-21(29(34)32-12-13-36-15-14-35-2)18-22(17-20)33-28-19-23(10-11-31-28)37-27-9-8-26(30)24-6-4-5-7-25(24)27/h1,4-11,16-19H,12-15,30H2,2H3,(H,31,33)(H,32,34). The summed E-state index contributed by atoms with van der Waals surface area (Å²) in [5.74, 6) is 4.14. The molecule has 0 saturated carbocycles. The van der Waals surface area contributed by atoms with Crippen molar-refractivity contribution in [2.24, 2.45) is 0 Å². The first-order valence-electron chi connectivity index (χ1n) is 11.7. The lowest BCUT2D eigenvalue weighted by molar-refractivity contribution is 0.0692. The van der Waals surface area contributed by atoms with Crippen molar-refractivity contribution in [2.45, 2.75) is 0 Å². The van der Waals surface area contributed by atoms with Crippen LogP contribution in [0, 0.1) is 12.3 Å². The van der Waals surface area contributed by atoms with Crippen molar-refractivity contribution in [3.05, 3.63) is 84.1 Å². The molecule has 1 amide bonds. The summed E-state index contributed by atoms with van der Waals surface area (Å²) in [6.07, 6.45) is 7.27. The Bertz CT molecular complexity index is 1430. The highest BCUT2D eigenvalue weighted by Gasteiger charge is 2.10. The average molecular weight is 497 g/mol. The number of aromatic nitrogens is 1. The van der Waals surface area contributed by atoms with Gasteiger partial charge in [0.05, 0.1) is 19.8 Å². The van der Waals surface area contributed by atoms with Crippen molar-refractivity contribution in [2.75, 3.05) is 44.5 Å². The molecule has 0 unspecified atom stereocenters. The van der Waals surface area contributed by atoms with Crippen molar-refractivity contribution < 1.29 is 19.0 Å². The van der Waals surface area contributed by atoms with Gasteiger partial charge in [0.15, 0.2) is 0 Å². The highest BCUT2D eigenvalue weighted by atomic mass is 16.5. The molecule has 4 N–H and O–H groups in total. The number of hydrogen-bond donors (Lipinski definition) is 3. The summed E-state index contributed by atoms with van der Waals surface area (Å²) >= 11 is 0. The fourth-order valence-corrected chi connectivity index (χ4v) is 3.70. The molecule has 0 aliphatic rings. The van der Waals surface area contributed by atoms with E-state index in [9.17, 15) is 4.79 Å². The Hall–Kier alpha value is -4.58. The molecule has 8 heteroatoms. The molecule has 0 aliphatic carbocycles. The van der Waals surface area contributed by atoms with Crippen LogP contribution >= 0.6 is 0 Å². The number of nitrogens with zero attached hydrogens (tertiary/aromatic N) is 1. The smallest absolute Gasteiger partial charge is 0.251 e. The van der Waals surface area contributed by atoms with E-state index in [0.717, 1.165) is 10.8 Å². The minimum atomic E-state index is -0.254. The van der Waals surface area contributed by atoms with E-state index < -0.39 is 0 Å². The topological polar surface area (TPSA) is 108 Å². The molecule has 37 heavy (non-hydrogen) atoms. The summed E-state index contributed by atoms with van der Waals surface area (Å²) in [4.78, 5) is 17.0. The minimum Gasteiger partial charge on any atom is -0.457 e. The number of methoxy groups -OCH3 is 1. The van der Waals surface area contributed by atoms with Gasteiger partial charge in [0.1, 0.15) is 17.3 Å². The number of benzene rings is 3. The first kappa shape index (κ1) is 25.5. The first-order chi connectivity index (χ1) is 18.1. The van der Waals surface area contributed by atoms with Gasteiger partial charge in [-0.05, 0) is 36.4 Å². The first-order valence-corrected chi connectivity index (χ1v) is 11.7. The molecular weight excluding hydrogens is 468 g/mol. The Morgan fingerprint density at radius 3 is 2.68 bits per heavy atom. The van der Waals surface area contributed by atoms with Crippen LogP contribution in [0.25, 0.3) is 10.8 Å². The van der Waals surface area contributed by atoms with Crippen molar-refractivity contribution in [3.8, 4) is 23.8 Å². The number of nitrogens with two attached hydrogens (primary N) is 1. The summed E-state index contributed by atoms with van der Waals surface area (Å²) in [6, 6.07) is 20.1. The van der Waals surface area contributed by atoms with Gasteiger partial charge in [-0.3, -0.25) is 4.79 Å². The average Bonchev–Trinajstić information content (AvgIpc) is 2.92. The molecular formula is C29H28N4O4. The van der Waals surface area contributed by atoms with Crippen LogP contribution in [0.3, 0.4) is 0 Å².